The Morgan fingerprint density at radius 1 is 0.769 bits per heavy atom. The number of aromatic carboxylic acids is 1. The van der Waals surface area contributed by atoms with Crippen LogP contribution in [0.25, 0.3) is 11.1 Å². The summed E-state index contributed by atoms with van der Waals surface area (Å²) in [5, 5.41) is 21.6. The Kier molecular flexibility index (Phi) is 4.99. The van der Waals surface area contributed by atoms with Crippen molar-refractivity contribution in [3.8, 4) is 16.9 Å². The van der Waals surface area contributed by atoms with Crippen LogP contribution in [0.5, 0.6) is 5.75 Å². The van der Waals surface area contributed by atoms with E-state index < -0.39 is 17.6 Å². The lowest BCUT2D eigenvalue weighted by molar-refractivity contribution is 0.0693. The van der Waals surface area contributed by atoms with Gasteiger partial charge in [0.15, 0.2) is 0 Å². The molecule has 0 aliphatic heterocycles. The van der Waals surface area contributed by atoms with Crippen molar-refractivity contribution in [2.45, 2.75) is 6.54 Å². The molecule has 0 saturated carbocycles. The van der Waals surface area contributed by atoms with Gasteiger partial charge in [-0.15, -0.1) is 0 Å². The minimum atomic E-state index is -1.28. The van der Waals surface area contributed by atoms with Crippen LogP contribution in [0.1, 0.15) is 26.3 Å². The molecule has 3 aromatic carbocycles. The first-order chi connectivity index (χ1) is 12.6. The number of para-hydroxylation sites is 1. The van der Waals surface area contributed by atoms with Crippen molar-refractivity contribution >= 4 is 11.9 Å². The number of hydrogen-bond donors (Lipinski definition) is 3. The van der Waals surface area contributed by atoms with Crippen LogP contribution in [-0.4, -0.2) is 22.1 Å². The average Bonchev–Trinajstić information content (AvgIpc) is 2.67. The smallest absolute Gasteiger partial charge is 0.339 e. The van der Waals surface area contributed by atoms with Gasteiger partial charge in [0.05, 0.1) is 5.56 Å². The van der Waals surface area contributed by atoms with E-state index in [1.165, 1.54) is 18.2 Å². The third-order valence-corrected chi connectivity index (χ3v) is 4.03. The number of carboxylic acid groups (broad SMARTS) is 1. The van der Waals surface area contributed by atoms with Crippen molar-refractivity contribution in [3.05, 3.63) is 89.5 Å². The molecule has 1 amide bonds. The molecule has 130 valence electrons. The van der Waals surface area contributed by atoms with Crippen molar-refractivity contribution in [1.29, 1.82) is 0 Å². The first kappa shape index (κ1) is 17.2. The third-order valence-electron chi connectivity index (χ3n) is 4.03. The molecule has 0 spiro atoms. The molecule has 5 heteroatoms. The normalized spacial score (nSPS) is 10.3. The minimum absolute atomic E-state index is 0.0641. The number of carbonyl (C=O) groups excluding carboxylic acids is 1. The third kappa shape index (κ3) is 3.72. The second kappa shape index (κ2) is 7.53. The second-order valence-corrected chi connectivity index (χ2v) is 5.75. The number of hydrogen-bond acceptors (Lipinski definition) is 3. The van der Waals surface area contributed by atoms with E-state index in [2.05, 4.69) is 5.32 Å². The Hall–Kier alpha value is -3.60. The summed E-state index contributed by atoms with van der Waals surface area (Å²) in [6.07, 6.45) is 0. The summed E-state index contributed by atoms with van der Waals surface area (Å²) >= 11 is 0. The first-order valence-corrected chi connectivity index (χ1v) is 8.04. The zero-order valence-electron chi connectivity index (χ0n) is 13.8. The minimum Gasteiger partial charge on any atom is -0.506 e. The van der Waals surface area contributed by atoms with Gasteiger partial charge in [-0.05, 0) is 28.8 Å². The topological polar surface area (TPSA) is 86.6 Å². The van der Waals surface area contributed by atoms with E-state index >= 15 is 0 Å². The number of phenols is 1. The van der Waals surface area contributed by atoms with E-state index in [1.54, 1.807) is 0 Å². The summed E-state index contributed by atoms with van der Waals surface area (Å²) in [5.74, 6) is -2.34. The van der Waals surface area contributed by atoms with Crippen LogP contribution < -0.4 is 5.32 Å². The molecule has 0 saturated heterocycles. The lowest BCUT2D eigenvalue weighted by atomic mass is 10.0. The van der Waals surface area contributed by atoms with Crippen molar-refractivity contribution in [2.75, 3.05) is 0 Å². The number of amides is 1. The Balaban J connectivity index is 1.69. The number of nitrogens with one attached hydrogen (secondary N) is 1. The van der Waals surface area contributed by atoms with Gasteiger partial charge in [-0.3, -0.25) is 4.79 Å². The maximum absolute atomic E-state index is 12.2. The second-order valence-electron chi connectivity index (χ2n) is 5.75. The molecule has 3 aromatic rings. The van der Waals surface area contributed by atoms with E-state index in [0.717, 1.165) is 16.7 Å². The van der Waals surface area contributed by atoms with E-state index in [1.807, 2.05) is 54.6 Å². The van der Waals surface area contributed by atoms with Crippen LogP contribution in [0.15, 0.2) is 72.8 Å². The molecule has 0 unspecified atom stereocenters. The predicted molar refractivity (Wildman–Crippen MR) is 98.1 cm³/mol. The Morgan fingerprint density at radius 3 is 2.04 bits per heavy atom. The molecule has 0 atom stereocenters. The van der Waals surface area contributed by atoms with Crippen molar-refractivity contribution in [2.24, 2.45) is 0 Å². The van der Waals surface area contributed by atoms with E-state index in [-0.39, 0.29) is 17.7 Å². The van der Waals surface area contributed by atoms with Gasteiger partial charge in [0.1, 0.15) is 11.3 Å². The number of carbonyl (C=O) groups is 2. The molecule has 0 aliphatic carbocycles. The maximum atomic E-state index is 12.2. The van der Waals surface area contributed by atoms with Gasteiger partial charge in [-0.2, -0.15) is 0 Å². The fourth-order valence-corrected chi connectivity index (χ4v) is 2.62. The van der Waals surface area contributed by atoms with Gasteiger partial charge < -0.3 is 15.5 Å². The highest BCUT2D eigenvalue weighted by Gasteiger charge is 2.17. The molecule has 3 rings (SSSR count). The monoisotopic (exact) mass is 347 g/mol. The molecule has 0 aliphatic rings. The van der Waals surface area contributed by atoms with Crippen molar-refractivity contribution < 1.29 is 19.8 Å². The Labute approximate surface area is 150 Å². The van der Waals surface area contributed by atoms with Gasteiger partial charge in [-0.25, -0.2) is 4.79 Å². The molecular formula is C21H17NO4. The SMILES string of the molecule is O=C(O)c1cccc(C(=O)NCc2ccc(-c3ccccc3)cc2)c1O. The Morgan fingerprint density at radius 2 is 1.38 bits per heavy atom. The van der Waals surface area contributed by atoms with Crippen LogP contribution in [0.3, 0.4) is 0 Å². The molecule has 0 heterocycles. The van der Waals surface area contributed by atoms with Gasteiger partial charge in [0.25, 0.3) is 5.91 Å². The van der Waals surface area contributed by atoms with Crippen molar-refractivity contribution in [1.82, 2.24) is 5.32 Å². The highest BCUT2D eigenvalue weighted by Crippen LogP contribution is 2.23. The summed E-state index contributed by atoms with van der Waals surface area (Å²) in [6, 6.07) is 21.8. The fourth-order valence-electron chi connectivity index (χ4n) is 2.62. The zero-order chi connectivity index (χ0) is 18.5. The lowest BCUT2D eigenvalue weighted by Gasteiger charge is -2.09. The largest absolute Gasteiger partial charge is 0.506 e. The molecule has 3 N–H and O–H groups in total. The standard InChI is InChI=1S/C21H17NO4/c23-19-17(7-4-8-18(19)21(25)26)20(24)22-13-14-9-11-16(12-10-14)15-5-2-1-3-6-15/h1-12,23H,13H2,(H,22,24)(H,25,26). The molecule has 0 radical (unpaired) electrons. The summed E-state index contributed by atoms with van der Waals surface area (Å²) in [5.41, 5.74) is 2.72. The summed E-state index contributed by atoms with van der Waals surface area (Å²) in [7, 11) is 0. The summed E-state index contributed by atoms with van der Waals surface area (Å²) in [4.78, 5) is 23.3. The van der Waals surface area contributed by atoms with Crippen LogP contribution in [0.4, 0.5) is 0 Å². The van der Waals surface area contributed by atoms with E-state index in [0.29, 0.717) is 0 Å². The van der Waals surface area contributed by atoms with E-state index in [9.17, 15) is 14.7 Å². The van der Waals surface area contributed by atoms with Gasteiger partial charge >= 0.3 is 5.97 Å². The van der Waals surface area contributed by atoms with Gasteiger partial charge in [-0.1, -0.05) is 60.7 Å². The highest BCUT2D eigenvalue weighted by atomic mass is 16.4. The van der Waals surface area contributed by atoms with Crippen LogP contribution in [0.2, 0.25) is 0 Å². The quantitative estimate of drug-likeness (QED) is 0.657. The van der Waals surface area contributed by atoms with Crippen LogP contribution in [0, 0.1) is 0 Å². The van der Waals surface area contributed by atoms with Crippen LogP contribution >= 0.6 is 0 Å². The Bertz CT molecular complexity index is 934. The first-order valence-electron chi connectivity index (χ1n) is 8.04. The van der Waals surface area contributed by atoms with Crippen LogP contribution in [-0.2, 0) is 6.54 Å². The number of benzene rings is 3. The zero-order valence-corrected chi connectivity index (χ0v) is 13.8. The fraction of sp³-hybridized carbons (Fsp3) is 0.0476. The maximum Gasteiger partial charge on any atom is 0.339 e. The highest BCUT2D eigenvalue weighted by molar-refractivity contribution is 6.01. The van der Waals surface area contributed by atoms with Gasteiger partial charge in [0, 0.05) is 6.54 Å². The lowest BCUT2D eigenvalue weighted by Crippen LogP contribution is -2.23. The van der Waals surface area contributed by atoms with Crippen molar-refractivity contribution in [3.63, 3.8) is 0 Å². The number of carboxylic acids is 1. The average molecular weight is 347 g/mol. The number of aromatic hydroxyl groups is 1. The molecule has 5 nitrogen and oxygen atoms in total. The van der Waals surface area contributed by atoms with Gasteiger partial charge in [0.2, 0.25) is 0 Å². The molecule has 0 fully saturated rings. The van der Waals surface area contributed by atoms with E-state index in [4.69, 9.17) is 5.11 Å². The summed E-state index contributed by atoms with van der Waals surface area (Å²) in [6.45, 7) is 0.268. The predicted octanol–water partition coefficient (Wildman–Crippen LogP) is 3.69. The molecular weight excluding hydrogens is 330 g/mol. The summed E-state index contributed by atoms with van der Waals surface area (Å²) < 4.78 is 0. The molecule has 0 bridgehead atoms. The number of rotatable bonds is 5. The molecule has 26 heavy (non-hydrogen) atoms. The molecule has 0 aromatic heterocycles.